The van der Waals surface area contributed by atoms with Gasteiger partial charge in [0.2, 0.25) is 5.91 Å². The molecule has 5 N–H and O–H groups in total. The van der Waals surface area contributed by atoms with Crippen LogP contribution in [-0.2, 0) is 4.79 Å². The van der Waals surface area contributed by atoms with Gasteiger partial charge in [0.25, 0.3) is 0 Å². The summed E-state index contributed by atoms with van der Waals surface area (Å²) in [5.41, 5.74) is 6.33. The maximum atomic E-state index is 11.8. The van der Waals surface area contributed by atoms with Crippen LogP contribution in [0.3, 0.4) is 0 Å². The second-order valence-electron chi connectivity index (χ2n) is 4.68. The van der Waals surface area contributed by atoms with E-state index >= 15 is 0 Å². The van der Waals surface area contributed by atoms with Crippen molar-refractivity contribution in [2.45, 2.75) is 12.8 Å². The van der Waals surface area contributed by atoms with E-state index in [0.717, 1.165) is 19.5 Å². The highest BCUT2D eigenvalue weighted by Gasteiger charge is 2.17. The molecule has 1 atom stereocenters. The number of halogens is 1. The average molecular weight is 299 g/mol. The highest BCUT2D eigenvalue weighted by molar-refractivity contribution is 5.92. The Balaban J connectivity index is 0.00000200. The molecule has 1 saturated heterocycles. The third kappa shape index (κ3) is 5.07. The van der Waals surface area contributed by atoms with Gasteiger partial charge in [0.15, 0.2) is 0 Å². The Morgan fingerprint density at radius 2 is 1.80 bits per heavy atom. The molecule has 20 heavy (non-hydrogen) atoms. The number of benzene rings is 1. The molecule has 0 aliphatic carbocycles. The number of hydrogen-bond donors (Lipinski definition) is 4. The third-order valence-electron chi connectivity index (χ3n) is 3.07. The summed E-state index contributed by atoms with van der Waals surface area (Å²) in [6, 6.07) is 6.24. The minimum absolute atomic E-state index is 0. The van der Waals surface area contributed by atoms with Crippen molar-refractivity contribution in [3.05, 3.63) is 24.3 Å². The third-order valence-corrected chi connectivity index (χ3v) is 3.07. The first-order valence-electron chi connectivity index (χ1n) is 6.30. The van der Waals surface area contributed by atoms with Gasteiger partial charge in [-0.3, -0.25) is 4.79 Å². The lowest BCUT2D eigenvalue weighted by molar-refractivity contribution is -0.116. The van der Waals surface area contributed by atoms with Gasteiger partial charge in [-0.2, -0.15) is 0 Å². The first-order valence-corrected chi connectivity index (χ1v) is 6.30. The van der Waals surface area contributed by atoms with Crippen LogP contribution in [0.1, 0.15) is 12.8 Å². The van der Waals surface area contributed by atoms with E-state index in [1.165, 1.54) is 0 Å². The first kappa shape index (κ1) is 16.3. The standard InChI is InChI=1S/C13H18N4O2.ClH/c14-13(19)17-11-3-1-10(2-4-11)16-12(18)7-9-5-6-15-8-9;/h1-4,9,15H,5-8H2,(H,16,18)(H3,14,17,19);1H. The molecule has 1 unspecified atom stereocenters. The minimum atomic E-state index is -0.606. The maximum absolute atomic E-state index is 11.8. The van der Waals surface area contributed by atoms with Crippen molar-refractivity contribution in [1.29, 1.82) is 0 Å². The zero-order valence-corrected chi connectivity index (χ0v) is 11.8. The van der Waals surface area contributed by atoms with Crippen LogP contribution < -0.4 is 21.7 Å². The molecule has 0 saturated carbocycles. The van der Waals surface area contributed by atoms with Gasteiger partial charge in [-0.05, 0) is 49.7 Å². The summed E-state index contributed by atoms with van der Waals surface area (Å²) in [6.45, 7) is 1.90. The van der Waals surface area contributed by atoms with E-state index in [9.17, 15) is 9.59 Å². The summed E-state index contributed by atoms with van der Waals surface area (Å²) in [4.78, 5) is 22.5. The van der Waals surface area contributed by atoms with Crippen molar-refractivity contribution < 1.29 is 9.59 Å². The van der Waals surface area contributed by atoms with E-state index in [-0.39, 0.29) is 18.3 Å². The Labute approximate surface area is 123 Å². The molecule has 0 aromatic heterocycles. The SMILES string of the molecule is Cl.NC(=O)Nc1ccc(NC(=O)CC2CCNC2)cc1. The smallest absolute Gasteiger partial charge is 0.316 e. The molecule has 1 aromatic carbocycles. The van der Waals surface area contributed by atoms with Crippen LogP contribution in [-0.4, -0.2) is 25.0 Å². The zero-order valence-electron chi connectivity index (χ0n) is 11.0. The van der Waals surface area contributed by atoms with Gasteiger partial charge >= 0.3 is 6.03 Å². The van der Waals surface area contributed by atoms with Gasteiger partial charge in [0.05, 0.1) is 0 Å². The lowest BCUT2D eigenvalue weighted by Crippen LogP contribution is -2.19. The molecule has 2 rings (SSSR count). The van der Waals surface area contributed by atoms with Gasteiger partial charge in [-0.1, -0.05) is 0 Å². The number of primary amides is 1. The number of nitrogens with one attached hydrogen (secondary N) is 3. The lowest BCUT2D eigenvalue weighted by atomic mass is 10.0. The predicted octanol–water partition coefficient (Wildman–Crippen LogP) is 1.54. The van der Waals surface area contributed by atoms with Crippen LogP contribution in [0.15, 0.2) is 24.3 Å². The van der Waals surface area contributed by atoms with Crippen LogP contribution in [0, 0.1) is 5.92 Å². The quantitative estimate of drug-likeness (QED) is 0.679. The number of nitrogens with two attached hydrogens (primary N) is 1. The largest absolute Gasteiger partial charge is 0.351 e. The Hall–Kier alpha value is -1.79. The lowest BCUT2D eigenvalue weighted by Gasteiger charge is -2.09. The van der Waals surface area contributed by atoms with Gasteiger partial charge in [-0.15, -0.1) is 12.4 Å². The molecular weight excluding hydrogens is 280 g/mol. The monoisotopic (exact) mass is 298 g/mol. The van der Waals surface area contributed by atoms with Crippen molar-refractivity contribution in [3.8, 4) is 0 Å². The zero-order chi connectivity index (χ0) is 13.7. The average Bonchev–Trinajstić information content (AvgIpc) is 2.83. The summed E-state index contributed by atoms with van der Waals surface area (Å²) in [7, 11) is 0. The molecule has 1 aliphatic rings. The van der Waals surface area contributed by atoms with Gasteiger partial charge in [0, 0.05) is 17.8 Å². The summed E-state index contributed by atoms with van der Waals surface area (Å²) < 4.78 is 0. The van der Waals surface area contributed by atoms with Crippen LogP contribution >= 0.6 is 12.4 Å². The van der Waals surface area contributed by atoms with Crippen LogP contribution in [0.2, 0.25) is 0 Å². The molecule has 6 nitrogen and oxygen atoms in total. The molecule has 3 amide bonds. The van der Waals surface area contributed by atoms with Crippen LogP contribution in [0.25, 0.3) is 0 Å². The van der Waals surface area contributed by atoms with Crippen molar-refractivity contribution in [3.63, 3.8) is 0 Å². The number of carbonyl (C=O) groups is 2. The molecule has 1 aliphatic heterocycles. The van der Waals surface area contributed by atoms with Crippen molar-refractivity contribution in [2.24, 2.45) is 11.7 Å². The predicted molar refractivity (Wildman–Crippen MR) is 81.1 cm³/mol. The molecule has 0 bridgehead atoms. The summed E-state index contributed by atoms with van der Waals surface area (Å²) in [6.07, 6.45) is 1.59. The molecule has 7 heteroatoms. The van der Waals surface area contributed by atoms with E-state index < -0.39 is 6.03 Å². The molecule has 0 spiro atoms. The second-order valence-corrected chi connectivity index (χ2v) is 4.68. The Kier molecular flexibility index (Phi) is 6.27. The highest BCUT2D eigenvalue weighted by atomic mass is 35.5. The topological polar surface area (TPSA) is 96.2 Å². The number of hydrogen-bond acceptors (Lipinski definition) is 3. The van der Waals surface area contributed by atoms with E-state index in [1.807, 2.05) is 0 Å². The summed E-state index contributed by atoms with van der Waals surface area (Å²) in [5.74, 6) is 0.445. The van der Waals surface area contributed by atoms with E-state index in [4.69, 9.17) is 5.73 Å². The Bertz CT molecular complexity index is 458. The fourth-order valence-corrected chi connectivity index (χ4v) is 2.14. The molecule has 0 radical (unpaired) electrons. The van der Waals surface area contributed by atoms with Crippen molar-refractivity contribution >= 4 is 35.7 Å². The van der Waals surface area contributed by atoms with Gasteiger partial charge < -0.3 is 21.7 Å². The fraction of sp³-hybridized carbons (Fsp3) is 0.385. The van der Waals surface area contributed by atoms with E-state index in [0.29, 0.717) is 23.7 Å². The summed E-state index contributed by atoms with van der Waals surface area (Å²) >= 11 is 0. The minimum Gasteiger partial charge on any atom is -0.351 e. The Morgan fingerprint density at radius 3 is 2.30 bits per heavy atom. The van der Waals surface area contributed by atoms with Crippen LogP contribution in [0.4, 0.5) is 16.2 Å². The molecule has 1 fully saturated rings. The highest BCUT2D eigenvalue weighted by Crippen LogP contribution is 2.16. The van der Waals surface area contributed by atoms with Crippen molar-refractivity contribution in [2.75, 3.05) is 23.7 Å². The first-order chi connectivity index (χ1) is 9.13. The second kappa shape index (κ2) is 7.72. The molecular formula is C13H19ClN4O2. The van der Waals surface area contributed by atoms with Crippen LogP contribution in [0.5, 0.6) is 0 Å². The maximum Gasteiger partial charge on any atom is 0.316 e. The number of amides is 3. The molecule has 110 valence electrons. The fourth-order valence-electron chi connectivity index (χ4n) is 2.14. The number of urea groups is 1. The van der Waals surface area contributed by atoms with E-state index in [2.05, 4.69) is 16.0 Å². The van der Waals surface area contributed by atoms with Gasteiger partial charge in [-0.25, -0.2) is 4.79 Å². The van der Waals surface area contributed by atoms with E-state index in [1.54, 1.807) is 24.3 Å². The Morgan fingerprint density at radius 1 is 1.20 bits per heavy atom. The van der Waals surface area contributed by atoms with Gasteiger partial charge in [0.1, 0.15) is 0 Å². The summed E-state index contributed by atoms with van der Waals surface area (Å²) in [5, 5.41) is 8.54. The normalized spacial score (nSPS) is 17.1. The number of anilines is 2. The molecule has 1 aromatic rings. The number of carbonyl (C=O) groups excluding carboxylic acids is 2. The molecule has 1 heterocycles. The number of rotatable bonds is 4. The van der Waals surface area contributed by atoms with Crippen molar-refractivity contribution in [1.82, 2.24) is 5.32 Å².